The number of fused-ring (bicyclic) bond motifs is 1. The molecule has 32 heavy (non-hydrogen) atoms. The van der Waals surface area contributed by atoms with Crippen LogP contribution < -0.4 is 5.32 Å². The minimum absolute atomic E-state index is 0.0137. The first kappa shape index (κ1) is 23.3. The third kappa shape index (κ3) is 4.61. The Morgan fingerprint density at radius 1 is 1.06 bits per heavy atom. The molecule has 0 atom stereocenters. The lowest BCUT2D eigenvalue weighted by atomic mass is 9.91. The molecule has 0 aliphatic heterocycles. The van der Waals surface area contributed by atoms with Gasteiger partial charge < -0.3 is 19.8 Å². The molecule has 2 N–H and O–H groups in total. The van der Waals surface area contributed by atoms with Crippen molar-refractivity contribution in [3.8, 4) is 0 Å². The molecule has 0 amide bonds. The number of ether oxygens (including phenoxy) is 2. The normalized spacial score (nSPS) is 14.5. The molecule has 0 saturated carbocycles. The van der Waals surface area contributed by atoms with Crippen molar-refractivity contribution in [2.75, 3.05) is 20.3 Å². The second kappa shape index (κ2) is 9.84. The van der Waals surface area contributed by atoms with Crippen LogP contribution in [-0.2, 0) is 28.7 Å². The SMILES string of the molecule is COC(=O)/C=C/C(=O)OCCNC1=C(Cl)C(=O)C(Cl)=C(c2c(C)[nH]c3ccccc23)C1=O. The Balaban J connectivity index is 1.78. The van der Waals surface area contributed by atoms with Gasteiger partial charge in [0, 0.05) is 40.9 Å². The van der Waals surface area contributed by atoms with E-state index < -0.39 is 23.5 Å². The van der Waals surface area contributed by atoms with Crippen LogP contribution in [0.15, 0.2) is 52.2 Å². The number of H-pyrrole nitrogens is 1. The van der Waals surface area contributed by atoms with Gasteiger partial charge in [0.05, 0.1) is 12.7 Å². The summed E-state index contributed by atoms with van der Waals surface area (Å²) < 4.78 is 9.29. The van der Waals surface area contributed by atoms with E-state index in [2.05, 4.69) is 15.0 Å². The van der Waals surface area contributed by atoms with Crippen molar-refractivity contribution in [2.45, 2.75) is 6.92 Å². The lowest BCUT2D eigenvalue weighted by Gasteiger charge is -2.20. The Morgan fingerprint density at radius 3 is 2.47 bits per heavy atom. The Bertz CT molecular complexity index is 1220. The van der Waals surface area contributed by atoms with E-state index in [-0.39, 0.29) is 34.5 Å². The maximum absolute atomic E-state index is 13.2. The third-order valence-electron chi connectivity index (χ3n) is 4.64. The van der Waals surface area contributed by atoms with E-state index in [1.165, 1.54) is 7.11 Å². The number of nitrogens with one attached hydrogen (secondary N) is 2. The first-order valence-corrected chi connectivity index (χ1v) is 10.1. The first-order valence-electron chi connectivity index (χ1n) is 9.39. The molecule has 1 heterocycles. The zero-order valence-electron chi connectivity index (χ0n) is 17.1. The minimum Gasteiger partial charge on any atom is -0.466 e. The molecule has 0 saturated heterocycles. The van der Waals surface area contributed by atoms with Crippen LogP contribution in [0.4, 0.5) is 0 Å². The molecule has 1 aromatic heterocycles. The molecule has 1 aliphatic carbocycles. The summed E-state index contributed by atoms with van der Waals surface area (Å²) >= 11 is 12.4. The van der Waals surface area contributed by atoms with Gasteiger partial charge in [-0.05, 0) is 13.0 Å². The van der Waals surface area contributed by atoms with E-state index >= 15 is 0 Å². The predicted molar refractivity (Wildman–Crippen MR) is 119 cm³/mol. The number of methoxy groups -OCH3 is 1. The number of rotatable bonds is 7. The maximum Gasteiger partial charge on any atom is 0.331 e. The summed E-state index contributed by atoms with van der Waals surface area (Å²) in [4.78, 5) is 51.6. The van der Waals surface area contributed by atoms with Crippen LogP contribution in [0, 0.1) is 6.92 Å². The number of aromatic amines is 1. The Kier molecular flexibility index (Phi) is 7.17. The maximum atomic E-state index is 13.2. The quantitative estimate of drug-likeness (QED) is 0.273. The van der Waals surface area contributed by atoms with Crippen molar-refractivity contribution < 1.29 is 28.7 Å². The van der Waals surface area contributed by atoms with Gasteiger partial charge in [0.25, 0.3) is 0 Å². The van der Waals surface area contributed by atoms with Gasteiger partial charge >= 0.3 is 11.9 Å². The van der Waals surface area contributed by atoms with Crippen molar-refractivity contribution in [3.63, 3.8) is 0 Å². The molecular formula is C22H18Cl2N2O6. The summed E-state index contributed by atoms with van der Waals surface area (Å²) in [6.45, 7) is 1.61. The number of halogens is 2. The van der Waals surface area contributed by atoms with Crippen LogP contribution in [0.5, 0.6) is 0 Å². The van der Waals surface area contributed by atoms with E-state index in [9.17, 15) is 19.2 Å². The highest BCUT2D eigenvalue weighted by atomic mass is 35.5. The number of esters is 2. The van der Waals surface area contributed by atoms with E-state index in [1.807, 2.05) is 24.3 Å². The van der Waals surface area contributed by atoms with Gasteiger partial charge in [0.2, 0.25) is 11.6 Å². The smallest absolute Gasteiger partial charge is 0.331 e. The summed E-state index contributed by atoms with van der Waals surface area (Å²) in [5.74, 6) is -2.72. The number of benzene rings is 1. The topological polar surface area (TPSA) is 115 Å². The molecule has 0 unspecified atom stereocenters. The van der Waals surface area contributed by atoms with Crippen molar-refractivity contribution >= 4 is 63.2 Å². The van der Waals surface area contributed by atoms with Crippen molar-refractivity contribution in [2.24, 2.45) is 0 Å². The molecular weight excluding hydrogens is 459 g/mol. The number of carbonyl (C=O) groups is 4. The number of hydrogen-bond donors (Lipinski definition) is 2. The monoisotopic (exact) mass is 476 g/mol. The standard InChI is InChI=1S/C22H18Cl2N2O6/c1-11-16(12-5-3-4-6-13(12)26-11)17-18(23)22(30)19(24)20(21(17)29)25-9-10-32-15(28)8-7-14(27)31-2/h3-8,25-26H,9-10H2,1-2H3/b8-7+. The highest BCUT2D eigenvalue weighted by molar-refractivity contribution is 6.63. The van der Waals surface area contributed by atoms with Gasteiger partial charge in [-0.1, -0.05) is 41.4 Å². The summed E-state index contributed by atoms with van der Waals surface area (Å²) in [5.41, 5.74) is 1.88. The zero-order valence-corrected chi connectivity index (χ0v) is 18.6. The lowest BCUT2D eigenvalue weighted by molar-refractivity contribution is -0.139. The Morgan fingerprint density at radius 2 is 1.75 bits per heavy atom. The highest BCUT2D eigenvalue weighted by Gasteiger charge is 2.35. The average molecular weight is 477 g/mol. The molecule has 0 spiro atoms. The van der Waals surface area contributed by atoms with Crippen molar-refractivity contribution in [1.29, 1.82) is 0 Å². The van der Waals surface area contributed by atoms with Gasteiger partial charge in [0.15, 0.2) is 0 Å². The van der Waals surface area contributed by atoms with Gasteiger partial charge in [0.1, 0.15) is 22.4 Å². The summed E-state index contributed by atoms with van der Waals surface area (Å²) in [5, 5.41) is 2.87. The summed E-state index contributed by atoms with van der Waals surface area (Å²) in [7, 11) is 1.18. The molecule has 166 valence electrons. The van der Waals surface area contributed by atoms with Gasteiger partial charge in [-0.3, -0.25) is 9.59 Å². The van der Waals surface area contributed by atoms with Crippen LogP contribution in [0.25, 0.3) is 16.5 Å². The number of carbonyl (C=O) groups excluding carboxylic acids is 4. The van der Waals surface area contributed by atoms with Crippen molar-refractivity contribution in [1.82, 2.24) is 10.3 Å². The fourth-order valence-electron chi connectivity index (χ4n) is 3.21. The second-order valence-electron chi connectivity index (χ2n) is 6.66. The van der Waals surface area contributed by atoms with Crippen molar-refractivity contribution in [3.05, 3.63) is 63.4 Å². The second-order valence-corrected chi connectivity index (χ2v) is 7.41. The van der Waals surface area contributed by atoms with Crippen LogP contribution >= 0.6 is 23.2 Å². The molecule has 0 bridgehead atoms. The van der Waals surface area contributed by atoms with E-state index in [1.54, 1.807) is 6.92 Å². The predicted octanol–water partition coefficient (Wildman–Crippen LogP) is 2.89. The molecule has 3 rings (SSSR count). The third-order valence-corrected chi connectivity index (χ3v) is 5.36. The van der Waals surface area contributed by atoms with Gasteiger partial charge in [-0.15, -0.1) is 0 Å². The fraction of sp³-hybridized carbons (Fsp3) is 0.182. The van der Waals surface area contributed by atoms with Gasteiger partial charge in [-0.2, -0.15) is 0 Å². The lowest BCUT2D eigenvalue weighted by Crippen LogP contribution is -2.31. The summed E-state index contributed by atoms with van der Waals surface area (Å²) in [6, 6.07) is 7.32. The number of allylic oxidation sites excluding steroid dienone is 3. The minimum atomic E-state index is -0.777. The number of ketones is 2. The number of para-hydroxylation sites is 1. The number of Topliss-reactive ketones (excluding diaryl/α,β-unsaturated/α-hetero) is 2. The Labute approximate surface area is 192 Å². The molecule has 1 aliphatic rings. The van der Waals surface area contributed by atoms with Crippen LogP contribution in [0.3, 0.4) is 0 Å². The number of hydrogen-bond acceptors (Lipinski definition) is 7. The molecule has 1 aromatic carbocycles. The molecule has 0 fully saturated rings. The number of aryl methyl sites for hydroxylation is 1. The van der Waals surface area contributed by atoms with E-state index in [0.717, 1.165) is 23.1 Å². The molecule has 0 radical (unpaired) electrons. The largest absolute Gasteiger partial charge is 0.466 e. The van der Waals surface area contributed by atoms with Crippen LogP contribution in [-0.4, -0.2) is 48.8 Å². The van der Waals surface area contributed by atoms with E-state index in [4.69, 9.17) is 27.9 Å². The molecule has 8 nitrogen and oxygen atoms in total. The molecule has 2 aromatic rings. The Hall–Kier alpha value is -3.36. The molecule has 10 heteroatoms. The van der Waals surface area contributed by atoms with Gasteiger partial charge in [-0.25, -0.2) is 9.59 Å². The number of aromatic nitrogens is 1. The van der Waals surface area contributed by atoms with Crippen LogP contribution in [0.2, 0.25) is 0 Å². The average Bonchev–Trinajstić information content (AvgIpc) is 3.11. The van der Waals surface area contributed by atoms with Crippen LogP contribution in [0.1, 0.15) is 11.3 Å². The summed E-state index contributed by atoms with van der Waals surface area (Å²) in [6.07, 6.45) is 1.83. The highest BCUT2D eigenvalue weighted by Crippen LogP contribution is 2.38. The first-order chi connectivity index (χ1) is 15.3. The van der Waals surface area contributed by atoms with E-state index in [0.29, 0.717) is 11.3 Å². The fourth-order valence-corrected chi connectivity index (χ4v) is 3.78. The zero-order chi connectivity index (χ0) is 23.4.